The van der Waals surface area contributed by atoms with E-state index in [0.29, 0.717) is 12.3 Å². The van der Waals surface area contributed by atoms with Crippen molar-refractivity contribution in [2.45, 2.75) is 19.9 Å². The van der Waals surface area contributed by atoms with Crippen molar-refractivity contribution in [3.63, 3.8) is 0 Å². The van der Waals surface area contributed by atoms with Gasteiger partial charge in [-0.15, -0.1) is 0 Å². The number of aromatic nitrogens is 1. The molecule has 1 aliphatic rings. The third-order valence-electron chi connectivity index (χ3n) is 3.36. The lowest BCUT2D eigenvalue weighted by Gasteiger charge is -2.28. The fourth-order valence-corrected chi connectivity index (χ4v) is 2.31. The predicted molar refractivity (Wildman–Crippen MR) is 66.1 cm³/mol. The smallest absolute Gasteiger partial charge is 0.293 e. The van der Waals surface area contributed by atoms with Crippen molar-refractivity contribution in [2.75, 3.05) is 6.54 Å². The van der Waals surface area contributed by atoms with E-state index >= 15 is 0 Å². The van der Waals surface area contributed by atoms with E-state index in [-0.39, 0.29) is 5.91 Å². The Morgan fingerprint density at radius 3 is 2.83 bits per heavy atom. The SMILES string of the molecule is Cc1cnoc1C(=O)N1CCc2ccccc2C1. The highest BCUT2D eigenvalue weighted by Crippen LogP contribution is 2.21. The van der Waals surface area contributed by atoms with Gasteiger partial charge in [0.05, 0.1) is 6.20 Å². The lowest BCUT2D eigenvalue weighted by Crippen LogP contribution is -2.36. The predicted octanol–water partition coefficient (Wildman–Crippen LogP) is 2.18. The minimum absolute atomic E-state index is 0.0699. The molecule has 1 aliphatic heterocycles. The number of benzene rings is 1. The molecule has 1 aromatic carbocycles. The third-order valence-corrected chi connectivity index (χ3v) is 3.36. The second-order valence-corrected chi connectivity index (χ2v) is 4.58. The summed E-state index contributed by atoms with van der Waals surface area (Å²) < 4.78 is 5.03. The van der Waals surface area contributed by atoms with Crippen molar-refractivity contribution in [1.29, 1.82) is 0 Å². The number of nitrogens with zero attached hydrogens (tertiary/aromatic N) is 2. The number of fused-ring (bicyclic) bond motifs is 1. The molecule has 2 aromatic rings. The maximum Gasteiger partial charge on any atom is 0.293 e. The minimum Gasteiger partial charge on any atom is -0.351 e. The van der Waals surface area contributed by atoms with Gasteiger partial charge >= 0.3 is 0 Å². The van der Waals surface area contributed by atoms with Crippen molar-refractivity contribution in [1.82, 2.24) is 10.1 Å². The Bertz CT molecular complexity index is 589. The van der Waals surface area contributed by atoms with Crippen LogP contribution in [0.5, 0.6) is 0 Å². The average molecular weight is 242 g/mol. The molecular weight excluding hydrogens is 228 g/mol. The van der Waals surface area contributed by atoms with Crippen LogP contribution in [0.2, 0.25) is 0 Å². The second kappa shape index (κ2) is 4.29. The monoisotopic (exact) mass is 242 g/mol. The first-order valence-corrected chi connectivity index (χ1v) is 6.03. The van der Waals surface area contributed by atoms with E-state index in [1.54, 1.807) is 6.20 Å². The zero-order chi connectivity index (χ0) is 12.5. The van der Waals surface area contributed by atoms with Crippen LogP contribution in [-0.2, 0) is 13.0 Å². The Morgan fingerprint density at radius 1 is 1.33 bits per heavy atom. The lowest BCUT2D eigenvalue weighted by molar-refractivity contribution is 0.0691. The van der Waals surface area contributed by atoms with Crippen LogP contribution < -0.4 is 0 Å². The zero-order valence-electron chi connectivity index (χ0n) is 10.2. The molecule has 0 aliphatic carbocycles. The van der Waals surface area contributed by atoms with Gasteiger partial charge in [-0.25, -0.2) is 0 Å². The molecule has 0 saturated carbocycles. The highest BCUT2D eigenvalue weighted by Gasteiger charge is 2.25. The quantitative estimate of drug-likeness (QED) is 0.770. The molecule has 0 atom stereocenters. The summed E-state index contributed by atoms with van der Waals surface area (Å²) in [5.41, 5.74) is 3.34. The molecule has 3 rings (SSSR count). The van der Waals surface area contributed by atoms with Crippen molar-refractivity contribution in [3.05, 3.63) is 52.9 Å². The van der Waals surface area contributed by atoms with E-state index in [2.05, 4.69) is 17.3 Å². The molecule has 1 aromatic heterocycles. The van der Waals surface area contributed by atoms with Crippen LogP contribution in [0.3, 0.4) is 0 Å². The summed E-state index contributed by atoms with van der Waals surface area (Å²) in [6.45, 7) is 3.22. The van der Waals surface area contributed by atoms with Gasteiger partial charge in [-0.2, -0.15) is 0 Å². The molecule has 0 radical (unpaired) electrons. The largest absolute Gasteiger partial charge is 0.351 e. The number of amides is 1. The summed E-state index contributed by atoms with van der Waals surface area (Å²) in [6.07, 6.45) is 2.47. The van der Waals surface area contributed by atoms with Gasteiger partial charge in [-0.3, -0.25) is 4.79 Å². The highest BCUT2D eigenvalue weighted by molar-refractivity contribution is 5.92. The molecule has 1 amide bonds. The Hall–Kier alpha value is -2.10. The zero-order valence-corrected chi connectivity index (χ0v) is 10.2. The molecule has 0 bridgehead atoms. The molecule has 0 spiro atoms. The Labute approximate surface area is 105 Å². The van der Waals surface area contributed by atoms with Crippen LogP contribution in [0.25, 0.3) is 0 Å². The fourth-order valence-electron chi connectivity index (χ4n) is 2.31. The number of carbonyl (C=O) groups is 1. The molecule has 2 heterocycles. The highest BCUT2D eigenvalue weighted by atomic mass is 16.5. The normalized spacial score (nSPS) is 14.4. The van der Waals surface area contributed by atoms with Gasteiger partial charge in [-0.05, 0) is 24.5 Å². The maximum absolute atomic E-state index is 12.3. The molecule has 92 valence electrons. The summed E-state index contributed by atoms with van der Waals surface area (Å²) in [4.78, 5) is 14.1. The molecule has 0 fully saturated rings. The molecule has 4 nitrogen and oxygen atoms in total. The molecule has 4 heteroatoms. The van der Waals surface area contributed by atoms with Crippen molar-refractivity contribution in [2.24, 2.45) is 0 Å². The number of rotatable bonds is 1. The van der Waals surface area contributed by atoms with E-state index in [1.165, 1.54) is 11.1 Å². The van der Waals surface area contributed by atoms with Gasteiger partial charge in [0.2, 0.25) is 5.76 Å². The van der Waals surface area contributed by atoms with Gasteiger partial charge in [-0.1, -0.05) is 29.4 Å². The first-order chi connectivity index (χ1) is 8.75. The number of hydrogen-bond acceptors (Lipinski definition) is 3. The van der Waals surface area contributed by atoms with Gasteiger partial charge < -0.3 is 9.42 Å². The summed E-state index contributed by atoms with van der Waals surface area (Å²) in [7, 11) is 0. The van der Waals surface area contributed by atoms with E-state index in [4.69, 9.17) is 4.52 Å². The Balaban J connectivity index is 1.84. The fraction of sp³-hybridized carbons (Fsp3) is 0.286. The number of hydrogen-bond donors (Lipinski definition) is 0. The van der Waals surface area contributed by atoms with E-state index in [0.717, 1.165) is 18.5 Å². The van der Waals surface area contributed by atoms with Crippen molar-refractivity contribution in [3.8, 4) is 0 Å². The van der Waals surface area contributed by atoms with Gasteiger partial charge in [0.15, 0.2) is 0 Å². The molecule has 18 heavy (non-hydrogen) atoms. The van der Waals surface area contributed by atoms with Crippen LogP contribution in [0.15, 0.2) is 35.0 Å². The van der Waals surface area contributed by atoms with Crippen molar-refractivity contribution < 1.29 is 9.32 Å². The Kier molecular flexibility index (Phi) is 2.63. The molecule has 0 saturated heterocycles. The van der Waals surface area contributed by atoms with Gasteiger partial charge in [0.1, 0.15) is 0 Å². The standard InChI is InChI=1S/C14H14N2O2/c1-10-8-15-18-13(10)14(17)16-7-6-11-4-2-3-5-12(11)9-16/h2-5,8H,6-7,9H2,1H3. The third kappa shape index (κ3) is 1.79. The van der Waals surface area contributed by atoms with Crippen molar-refractivity contribution >= 4 is 5.91 Å². The van der Waals surface area contributed by atoms with E-state index < -0.39 is 0 Å². The van der Waals surface area contributed by atoms with Crippen LogP contribution in [0, 0.1) is 6.92 Å². The van der Waals surface area contributed by atoms with Gasteiger partial charge in [0.25, 0.3) is 5.91 Å². The number of aryl methyl sites for hydroxylation is 1. The number of carbonyl (C=O) groups excluding carboxylic acids is 1. The minimum atomic E-state index is -0.0699. The first-order valence-electron chi connectivity index (χ1n) is 6.03. The Morgan fingerprint density at radius 2 is 2.11 bits per heavy atom. The molecule has 0 N–H and O–H groups in total. The summed E-state index contributed by atoms with van der Waals surface area (Å²) in [5.74, 6) is 0.286. The second-order valence-electron chi connectivity index (χ2n) is 4.58. The summed E-state index contributed by atoms with van der Waals surface area (Å²) >= 11 is 0. The van der Waals surface area contributed by atoms with E-state index in [9.17, 15) is 4.79 Å². The van der Waals surface area contributed by atoms with Gasteiger partial charge in [0, 0.05) is 18.7 Å². The average Bonchev–Trinajstić information content (AvgIpc) is 2.83. The van der Waals surface area contributed by atoms with Crippen LogP contribution in [-0.4, -0.2) is 22.5 Å². The van der Waals surface area contributed by atoms with Crippen LogP contribution in [0.4, 0.5) is 0 Å². The first kappa shape index (κ1) is 11.0. The van der Waals surface area contributed by atoms with Crippen LogP contribution in [0.1, 0.15) is 27.2 Å². The maximum atomic E-state index is 12.3. The van der Waals surface area contributed by atoms with Crippen LogP contribution >= 0.6 is 0 Å². The summed E-state index contributed by atoms with van der Waals surface area (Å²) in [5, 5.41) is 3.66. The molecule has 0 unspecified atom stereocenters. The summed E-state index contributed by atoms with van der Waals surface area (Å²) in [6, 6.07) is 8.24. The topological polar surface area (TPSA) is 46.3 Å². The molecular formula is C14H14N2O2. The van der Waals surface area contributed by atoms with E-state index in [1.807, 2.05) is 24.0 Å². The lowest BCUT2D eigenvalue weighted by atomic mass is 10.00.